The third-order valence-corrected chi connectivity index (χ3v) is 5.16. The van der Waals surface area contributed by atoms with Gasteiger partial charge in [0, 0.05) is 27.6 Å². The second-order valence-corrected chi connectivity index (χ2v) is 6.71. The van der Waals surface area contributed by atoms with Gasteiger partial charge in [0.25, 0.3) is 0 Å². The predicted molar refractivity (Wildman–Crippen MR) is 89.3 cm³/mol. The maximum Gasteiger partial charge on any atom is 0.0460 e. The summed E-state index contributed by atoms with van der Waals surface area (Å²) in [6, 6.07) is 5.02. The van der Waals surface area contributed by atoms with E-state index in [1.54, 1.807) is 0 Å². The summed E-state index contributed by atoms with van der Waals surface area (Å²) in [6.45, 7) is 6.99. The number of hydrogen-bond acceptors (Lipinski definition) is 1. The number of halogens is 1. The lowest BCUT2D eigenvalue weighted by Gasteiger charge is -2.34. The Morgan fingerprint density at radius 1 is 1.20 bits per heavy atom. The molecule has 2 nitrogen and oxygen atoms in total. The van der Waals surface area contributed by atoms with Gasteiger partial charge in [0.15, 0.2) is 0 Å². The fraction of sp³-hybridized carbons (Fsp3) is 0.529. The Morgan fingerprint density at radius 3 is 2.65 bits per heavy atom. The van der Waals surface area contributed by atoms with Crippen molar-refractivity contribution in [3.63, 3.8) is 0 Å². The second kappa shape index (κ2) is 5.90. The number of H-pyrrole nitrogens is 1. The molecule has 3 heteroatoms. The van der Waals surface area contributed by atoms with Crippen LogP contribution in [-0.4, -0.2) is 29.0 Å². The van der Waals surface area contributed by atoms with Crippen LogP contribution < -0.4 is 0 Å². The molecule has 108 valence electrons. The van der Waals surface area contributed by atoms with E-state index in [4.69, 9.17) is 0 Å². The van der Waals surface area contributed by atoms with Crippen LogP contribution in [0.5, 0.6) is 0 Å². The van der Waals surface area contributed by atoms with Gasteiger partial charge in [-0.15, -0.1) is 0 Å². The fourth-order valence-corrected chi connectivity index (χ4v) is 4.07. The standard InChI is InChI=1S/C17H23BrN2/c1-3-7-20(8-4-2)13-9-12-11-19-16-6-5-15(18)14(10-13)17(12)16/h5-6,11,13,19H,3-4,7-10H2,1-2H3. The number of benzene rings is 1. The van der Waals surface area contributed by atoms with Crippen LogP contribution in [0.3, 0.4) is 0 Å². The predicted octanol–water partition coefficient (Wildman–Crippen LogP) is 4.52. The molecule has 0 saturated heterocycles. The molecule has 2 aromatic rings. The molecule has 1 aromatic heterocycles. The van der Waals surface area contributed by atoms with Crippen molar-refractivity contribution in [1.82, 2.24) is 9.88 Å². The van der Waals surface area contributed by atoms with Gasteiger partial charge >= 0.3 is 0 Å². The zero-order valence-electron chi connectivity index (χ0n) is 12.4. The van der Waals surface area contributed by atoms with Crippen molar-refractivity contribution < 1.29 is 0 Å². The van der Waals surface area contributed by atoms with Crippen LogP contribution in [0.1, 0.15) is 37.8 Å². The molecule has 1 aliphatic rings. The first-order valence-electron chi connectivity index (χ1n) is 7.76. The molecular formula is C17H23BrN2. The molecule has 0 bridgehead atoms. The normalized spacial score (nSPS) is 18.1. The number of rotatable bonds is 5. The van der Waals surface area contributed by atoms with Gasteiger partial charge in [-0.05, 0) is 62.0 Å². The summed E-state index contributed by atoms with van der Waals surface area (Å²) in [7, 11) is 0. The van der Waals surface area contributed by atoms with Gasteiger partial charge in [0.1, 0.15) is 0 Å². The van der Waals surface area contributed by atoms with Crippen molar-refractivity contribution in [3.05, 3.63) is 33.9 Å². The van der Waals surface area contributed by atoms with Gasteiger partial charge in [-0.1, -0.05) is 29.8 Å². The molecule has 0 fully saturated rings. The zero-order chi connectivity index (χ0) is 14.1. The van der Waals surface area contributed by atoms with Gasteiger partial charge in [0.05, 0.1) is 0 Å². The van der Waals surface area contributed by atoms with Crippen LogP contribution in [0.2, 0.25) is 0 Å². The van der Waals surface area contributed by atoms with Gasteiger partial charge in [-0.25, -0.2) is 0 Å². The molecule has 0 spiro atoms. The zero-order valence-corrected chi connectivity index (χ0v) is 14.0. The highest BCUT2D eigenvalue weighted by Crippen LogP contribution is 2.35. The summed E-state index contributed by atoms with van der Waals surface area (Å²) in [5.74, 6) is 0. The summed E-state index contributed by atoms with van der Waals surface area (Å²) in [4.78, 5) is 6.11. The van der Waals surface area contributed by atoms with Crippen LogP contribution in [0.15, 0.2) is 22.8 Å². The molecule has 3 rings (SSSR count). The van der Waals surface area contributed by atoms with Gasteiger partial charge < -0.3 is 4.98 Å². The van der Waals surface area contributed by atoms with Crippen molar-refractivity contribution >= 4 is 26.8 Å². The number of nitrogens with one attached hydrogen (secondary N) is 1. The molecule has 1 N–H and O–H groups in total. The highest BCUT2D eigenvalue weighted by molar-refractivity contribution is 9.10. The summed E-state index contributed by atoms with van der Waals surface area (Å²) >= 11 is 3.75. The van der Waals surface area contributed by atoms with Crippen LogP contribution >= 0.6 is 15.9 Å². The topological polar surface area (TPSA) is 19.0 Å². The monoisotopic (exact) mass is 334 g/mol. The van der Waals surface area contributed by atoms with Crippen molar-refractivity contribution in [1.29, 1.82) is 0 Å². The van der Waals surface area contributed by atoms with Crippen LogP contribution in [0.25, 0.3) is 10.9 Å². The molecule has 0 amide bonds. The Bertz CT molecular complexity index is 596. The minimum atomic E-state index is 0.653. The lowest BCUT2D eigenvalue weighted by molar-refractivity contribution is 0.191. The molecule has 1 aliphatic carbocycles. The van der Waals surface area contributed by atoms with Gasteiger partial charge in [-0.2, -0.15) is 0 Å². The largest absolute Gasteiger partial charge is 0.361 e. The highest BCUT2D eigenvalue weighted by atomic mass is 79.9. The molecule has 20 heavy (non-hydrogen) atoms. The van der Waals surface area contributed by atoms with E-state index < -0.39 is 0 Å². The highest BCUT2D eigenvalue weighted by Gasteiger charge is 2.27. The molecule has 1 aromatic carbocycles. The minimum absolute atomic E-state index is 0.653. The second-order valence-electron chi connectivity index (χ2n) is 5.86. The Kier molecular flexibility index (Phi) is 4.18. The van der Waals surface area contributed by atoms with E-state index in [1.165, 1.54) is 65.3 Å². The molecular weight excluding hydrogens is 312 g/mol. The molecule has 1 heterocycles. The Morgan fingerprint density at radius 2 is 1.95 bits per heavy atom. The van der Waals surface area contributed by atoms with E-state index in [-0.39, 0.29) is 0 Å². The number of aromatic nitrogens is 1. The molecule has 0 aliphatic heterocycles. The average molecular weight is 335 g/mol. The first-order valence-corrected chi connectivity index (χ1v) is 8.55. The maximum absolute atomic E-state index is 3.75. The number of nitrogens with zero attached hydrogens (tertiary/aromatic N) is 1. The number of hydrogen-bond donors (Lipinski definition) is 1. The van der Waals surface area contributed by atoms with Crippen molar-refractivity contribution in [2.24, 2.45) is 0 Å². The quantitative estimate of drug-likeness (QED) is 0.851. The van der Waals surface area contributed by atoms with Crippen LogP contribution in [0.4, 0.5) is 0 Å². The molecule has 0 saturated carbocycles. The average Bonchev–Trinajstić information content (AvgIpc) is 2.86. The van der Waals surface area contributed by atoms with Gasteiger partial charge in [-0.3, -0.25) is 4.90 Å². The Labute approximate surface area is 129 Å². The van der Waals surface area contributed by atoms with E-state index in [0.29, 0.717) is 6.04 Å². The van der Waals surface area contributed by atoms with E-state index in [2.05, 4.69) is 58.0 Å². The Hall–Kier alpha value is -0.800. The lowest BCUT2D eigenvalue weighted by atomic mass is 9.88. The van der Waals surface area contributed by atoms with Crippen molar-refractivity contribution in [3.8, 4) is 0 Å². The summed E-state index contributed by atoms with van der Waals surface area (Å²) in [5.41, 5.74) is 4.27. The van der Waals surface area contributed by atoms with Crippen LogP contribution in [-0.2, 0) is 12.8 Å². The lowest BCUT2D eigenvalue weighted by Crippen LogP contribution is -2.41. The van der Waals surface area contributed by atoms with Crippen molar-refractivity contribution in [2.75, 3.05) is 13.1 Å². The fourth-order valence-electron chi connectivity index (χ4n) is 3.58. The summed E-state index contributed by atoms with van der Waals surface area (Å²) in [5, 5.41) is 1.46. The summed E-state index contributed by atoms with van der Waals surface area (Å²) in [6.07, 6.45) is 7.04. The minimum Gasteiger partial charge on any atom is -0.361 e. The third-order valence-electron chi connectivity index (χ3n) is 4.41. The number of aromatic amines is 1. The third kappa shape index (κ3) is 2.42. The van der Waals surface area contributed by atoms with E-state index in [0.717, 1.165) is 0 Å². The molecule has 0 radical (unpaired) electrons. The molecule has 1 unspecified atom stereocenters. The maximum atomic E-state index is 3.75. The first kappa shape index (κ1) is 14.2. The summed E-state index contributed by atoms with van der Waals surface area (Å²) < 4.78 is 1.27. The van der Waals surface area contributed by atoms with Crippen LogP contribution in [0, 0.1) is 0 Å². The van der Waals surface area contributed by atoms with E-state index in [9.17, 15) is 0 Å². The smallest absolute Gasteiger partial charge is 0.0460 e. The first-order chi connectivity index (χ1) is 9.74. The SMILES string of the molecule is CCCN(CCC)C1Cc2c[nH]c3ccc(Br)c(c23)C1. The Balaban J connectivity index is 1.95. The van der Waals surface area contributed by atoms with Gasteiger partial charge in [0.2, 0.25) is 0 Å². The molecule has 1 atom stereocenters. The van der Waals surface area contributed by atoms with Crippen molar-refractivity contribution in [2.45, 2.75) is 45.6 Å². The van der Waals surface area contributed by atoms with E-state index in [1.807, 2.05) is 0 Å². The van der Waals surface area contributed by atoms with E-state index >= 15 is 0 Å².